The van der Waals surface area contributed by atoms with E-state index in [2.05, 4.69) is 40.7 Å². The van der Waals surface area contributed by atoms with Crippen molar-refractivity contribution in [1.29, 1.82) is 0 Å². The molecule has 158 valence electrons. The van der Waals surface area contributed by atoms with Gasteiger partial charge in [0.15, 0.2) is 0 Å². The maximum atomic E-state index is 12.1. The van der Waals surface area contributed by atoms with Crippen molar-refractivity contribution in [1.82, 2.24) is 14.9 Å². The monoisotopic (exact) mass is 413 g/mol. The zero-order valence-corrected chi connectivity index (χ0v) is 18.0. The number of carbonyl (C=O) groups is 1. The number of rotatable bonds is 8. The van der Waals surface area contributed by atoms with Crippen LogP contribution in [0.1, 0.15) is 32.1 Å². The average Bonchev–Trinajstić information content (AvgIpc) is 3.15. The van der Waals surface area contributed by atoms with E-state index < -0.39 is 0 Å². The summed E-state index contributed by atoms with van der Waals surface area (Å²) in [6.45, 7) is 8.71. The van der Waals surface area contributed by atoms with E-state index in [-0.39, 0.29) is 11.9 Å². The number of ether oxygens (including phenoxy) is 1. The van der Waals surface area contributed by atoms with Crippen LogP contribution in [0.3, 0.4) is 0 Å². The van der Waals surface area contributed by atoms with Crippen LogP contribution in [0.15, 0.2) is 78.9 Å². The molecule has 0 fully saturated rings. The van der Waals surface area contributed by atoms with Gasteiger partial charge in [-0.3, -0.25) is 4.79 Å². The summed E-state index contributed by atoms with van der Waals surface area (Å²) in [5.74, 6) is 1.57. The number of imidazole rings is 1. The van der Waals surface area contributed by atoms with Gasteiger partial charge in [0.25, 0.3) is 0 Å². The Morgan fingerprint density at radius 1 is 1.10 bits per heavy atom. The molecular formula is C26H27N3O2. The van der Waals surface area contributed by atoms with E-state index in [0.29, 0.717) is 12.2 Å². The van der Waals surface area contributed by atoms with Crippen molar-refractivity contribution in [2.75, 3.05) is 6.61 Å². The van der Waals surface area contributed by atoms with Gasteiger partial charge in [-0.2, -0.15) is 0 Å². The van der Waals surface area contributed by atoms with Gasteiger partial charge >= 0.3 is 0 Å². The summed E-state index contributed by atoms with van der Waals surface area (Å²) < 4.78 is 8.28. The van der Waals surface area contributed by atoms with Crippen LogP contribution in [0.2, 0.25) is 0 Å². The lowest BCUT2D eigenvalue weighted by Crippen LogP contribution is -2.29. The standard InChI is InChI=1S/C26H27N3O2/c1-18(2)26(30)27-19(3)25-28-22-13-6-7-14-23(22)29(25)16-9-17-31-24-15-8-11-20-10-4-5-12-21(20)24/h4-8,10-15,19H,1,9,16-17H2,2-3H3,(H,27,30). The van der Waals surface area contributed by atoms with E-state index in [1.54, 1.807) is 6.92 Å². The number of para-hydroxylation sites is 2. The second-order valence-corrected chi connectivity index (χ2v) is 7.77. The molecule has 0 aliphatic heterocycles. The number of nitrogens with one attached hydrogen (secondary N) is 1. The molecule has 3 aromatic carbocycles. The molecule has 0 saturated carbocycles. The summed E-state index contributed by atoms with van der Waals surface area (Å²) in [5.41, 5.74) is 2.46. The quantitative estimate of drug-likeness (QED) is 0.310. The SMILES string of the molecule is C=C(C)C(=O)NC(C)c1nc2ccccc2n1CCCOc1cccc2ccccc12. The molecule has 1 N–H and O–H groups in total. The predicted octanol–water partition coefficient (Wildman–Crippen LogP) is 5.41. The number of hydrogen-bond donors (Lipinski definition) is 1. The van der Waals surface area contributed by atoms with Gasteiger partial charge in [0, 0.05) is 17.5 Å². The van der Waals surface area contributed by atoms with Gasteiger partial charge in [-0.1, -0.05) is 55.1 Å². The Labute approximate surface area is 182 Å². The van der Waals surface area contributed by atoms with Crippen LogP contribution in [-0.4, -0.2) is 22.1 Å². The highest BCUT2D eigenvalue weighted by Crippen LogP contribution is 2.26. The second kappa shape index (κ2) is 9.04. The summed E-state index contributed by atoms with van der Waals surface area (Å²) in [6.07, 6.45) is 0.817. The topological polar surface area (TPSA) is 56.2 Å². The lowest BCUT2D eigenvalue weighted by Gasteiger charge is -2.17. The first-order valence-electron chi connectivity index (χ1n) is 10.6. The predicted molar refractivity (Wildman–Crippen MR) is 125 cm³/mol. The third-order valence-corrected chi connectivity index (χ3v) is 5.34. The largest absolute Gasteiger partial charge is 0.493 e. The fourth-order valence-electron chi connectivity index (χ4n) is 3.77. The van der Waals surface area contributed by atoms with Gasteiger partial charge < -0.3 is 14.6 Å². The molecule has 5 nitrogen and oxygen atoms in total. The molecular weight excluding hydrogens is 386 g/mol. The van der Waals surface area contributed by atoms with Gasteiger partial charge in [0.1, 0.15) is 11.6 Å². The van der Waals surface area contributed by atoms with Crippen molar-refractivity contribution in [2.24, 2.45) is 0 Å². The van der Waals surface area contributed by atoms with Crippen molar-refractivity contribution < 1.29 is 9.53 Å². The van der Waals surface area contributed by atoms with Crippen LogP contribution in [-0.2, 0) is 11.3 Å². The van der Waals surface area contributed by atoms with Crippen molar-refractivity contribution in [2.45, 2.75) is 32.9 Å². The van der Waals surface area contributed by atoms with Gasteiger partial charge in [0.2, 0.25) is 5.91 Å². The Kier molecular flexibility index (Phi) is 6.03. The Balaban J connectivity index is 1.49. The minimum absolute atomic E-state index is 0.162. The van der Waals surface area contributed by atoms with E-state index in [1.807, 2.05) is 49.4 Å². The summed E-state index contributed by atoms with van der Waals surface area (Å²) >= 11 is 0. The minimum atomic E-state index is -0.226. The maximum Gasteiger partial charge on any atom is 0.246 e. The number of hydrogen-bond acceptors (Lipinski definition) is 3. The molecule has 0 spiro atoms. The average molecular weight is 414 g/mol. The minimum Gasteiger partial charge on any atom is -0.493 e. The zero-order valence-electron chi connectivity index (χ0n) is 18.0. The molecule has 1 amide bonds. The van der Waals surface area contributed by atoms with E-state index >= 15 is 0 Å². The van der Waals surface area contributed by atoms with E-state index in [9.17, 15) is 4.79 Å². The first-order valence-corrected chi connectivity index (χ1v) is 10.6. The number of aromatic nitrogens is 2. The van der Waals surface area contributed by atoms with Crippen LogP contribution in [0.4, 0.5) is 0 Å². The molecule has 0 bridgehead atoms. The third kappa shape index (κ3) is 4.45. The number of amides is 1. The molecule has 1 heterocycles. The molecule has 5 heteroatoms. The van der Waals surface area contributed by atoms with Crippen LogP contribution < -0.4 is 10.1 Å². The van der Waals surface area contributed by atoms with Crippen molar-refractivity contribution in [3.05, 3.63) is 84.7 Å². The van der Waals surface area contributed by atoms with E-state index in [4.69, 9.17) is 9.72 Å². The summed E-state index contributed by atoms with van der Waals surface area (Å²) in [4.78, 5) is 16.9. The lowest BCUT2D eigenvalue weighted by atomic mass is 10.1. The second-order valence-electron chi connectivity index (χ2n) is 7.77. The van der Waals surface area contributed by atoms with E-state index in [0.717, 1.165) is 41.0 Å². The van der Waals surface area contributed by atoms with Crippen LogP contribution >= 0.6 is 0 Å². The molecule has 0 aliphatic carbocycles. The Morgan fingerprint density at radius 2 is 1.84 bits per heavy atom. The zero-order chi connectivity index (χ0) is 21.8. The summed E-state index contributed by atoms with van der Waals surface area (Å²) in [6, 6.07) is 22.2. The Bertz CT molecular complexity index is 1240. The maximum absolute atomic E-state index is 12.1. The molecule has 4 rings (SSSR count). The normalized spacial score (nSPS) is 12.1. The highest BCUT2D eigenvalue weighted by Gasteiger charge is 2.18. The van der Waals surface area contributed by atoms with Gasteiger partial charge in [0.05, 0.1) is 23.7 Å². The number of aryl methyl sites for hydroxylation is 1. The summed E-state index contributed by atoms with van der Waals surface area (Å²) in [5, 5.41) is 5.27. The number of nitrogens with zero attached hydrogens (tertiary/aromatic N) is 2. The van der Waals surface area contributed by atoms with Crippen LogP contribution in [0.25, 0.3) is 21.8 Å². The summed E-state index contributed by atoms with van der Waals surface area (Å²) in [7, 11) is 0. The number of fused-ring (bicyclic) bond motifs is 2. The van der Waals surface area contributed by atoms with Crippen molar-refractivity contribution in [3.8, 4) is 5.75 Å². The highest BCUT2D eigenvalue weighted by molar-refractivity contribution is 5.92. The smallest absolute Gasteiger partial charge is 0.246 e. The number of benzene rings is 3. The van der Waals surface area contributed by atoms with Crippen molar-refractivity contribution in [3.63, 3.8) is 0 Å². The Morgan fingerprint density at radius 3 is 2.68 bits per heavy atom. The first-order chi connectivity index (χ1) is 15.0. The lowest BCUT2D eigenvalue weighted by molar-refractivity contribution is -0.118. The van der Waals surface area contributed by atoms with Crippen LogP contribution in [0.5, 0.6) is 5.75 Å². The molecule has 1 aromatic heterocycles. The fraction of sp³-hybridized carbons (Fsp3) is 0.231. The van der Waals surface area contributed by atoms with Gasteiger partial charge in [-0.05, 0) is 43.9 Å². The molecule has 0 aliphatic rings. The van der Waals surface area contributed by atoms with E-state index in [1.165, 1.54) is 5.39 Å². The highest BCUT2D eigenvalue weighted by atomic mass is 16.5. The molecule has 1 atom stereocenters. The van der Waals surface area contributed by atoms with Gasteiger partial charge in [-0.15, -0.1) is 0 Å². The molecule has 1 unspecified atom stereocenters. The molecule has 31 heavy (non-hydrogen) atoms. The number of carbonyl (C=O) groups excluding carboxylic acids is 1. The molecule has 0 saturated heterocycles. The van der Waals surface area contributed by atoms with Crippen LogP contribution in [0, 0.1) is 0 Å². The molecule has 4 aromatic rings. The molecule has 0 radical (unpaired) electrons. The fourth-order valence-corrected chi connectivity index (χ4v) is 3.77. The first kappa shape index (κ1) is 20.7. The Hall–Kier alpha value is -3.60. The van der Waals surface area contributed by atoms with Gasteiger partial charge in [-0.25, -0.2) is 4.98 Å². The van der Waals surface area contributed by atoms with Crippen molar-refractivity contribution >= 4 is 27.7 Å². The third-order valence-electron chi connectivity index (χ3n) is 5.34.